The summed E-state index contributed by atoms with van der Waals surface area (Å²) < 4.78 is 0. The van der Waals surface area contributed by atoms with Gasteiger partial charge in [-0.3, -0.25) is 4.79 Å². The predicted molar refractivity (Wildman–Crippen MR) is 59.4 cm³/mol. The van der Waals surface area contributed by atoms with Gasteiger partial charge in [0.2, 0.25) is 0 Å². The molecule has 1 unspecified atom stereocenters. The van der Waals surface area contributed by atoms with Crippen LogP contribution >= 0.6 is 0 Å². The number of nitrogens with one attached hydrogen (secondary N) is 1. The lowest BCUT2D eigenvalue weighted by Gasteiger charge is -2.21. The summed E-state index contributed by atoms with van der Waals surface area (Å²) in [4.78, 5) is 11.5. The zero-order valence-electron chi connectivity index (χ0n) is 9.35. The van der Waals surface area contributed by atoms with Crippen molar-refractivity contribution in [3.8, 4) is 0 Å². The minimum atomic E-state index is 0.324. The topological polar surface area (TPSA) is 29.1 Å². The number of ketones is 1. The molecule has 14 heavy (non-hydrogen) atoms. The summed E-state index contributed by atoms with van der Waals surface area (Å²) in [6, 6.07) is 0. The van der Waals surface area contributed by atoms with Gasteiger partial charge in [-0.25, -0.2) is 0 Å². The third-order valence-electron chi connectivity index (χ3n) is 3.05. The van der Waals surface area contributed by atoms with Gasteiger partial charge in [-0.05, 0) is 6.42 Å². The van der Waals surface area contributed by atoms with E-state index < -0.39 is 0 Å². The van der Waals surface area contributed by atoms with E-state index in [-0.39, 0.29) is 0 Å². The first-order valence-corrected chi connectivity index (χ1v) is 6.08. The van der Waals surface area contributed by atoms with Gasteiger partial charge in [-0.15, -0.1) is 0 Å². The van der Waals surface area contributed by atoms with E-state index in [1.807, 2.05) is 0 Å². The SMILES string of the molecule is CCCCCCCC1CNCCC1=O. The van der Waals surface area contributed by atoms with Crippen LogP contribution < -0.4 is 5.32 Å². The van der Waals surface area contributed by atoms with Crippen molar-refractivity contribution in [3.63, 3.8) is 0 Å². The number of carbonyl (C=O) groups is 1. The van der Waals surface area contributed by atoms with E-state index in [2.05, 4.69) is 12.2 Å². The van der Waals surface area contributed by atoms with Crippen molar-refractivity contribution in [2.45, 2.75) is 51.9 Å². The van der Waals surface area contributed by atoms with Crippen LogP contribution in [0, 0.1) is 5.92 Å². The smallest absolute Gasteiger partial charge is 0.138 e. The molecule has 0 aromatic rings. The molecule has 1 aliphatic rings. The maximum atomic E-state index is 11.5. The molecule has 1 heterocycles. The molecule has 82 valence electrons. The van der Waals surface area contributed by atoms with Crippen molar-refractivity contribution in [3.05, 3.63) is 0 Å². The largest absolute Gasteiger partial charge is 0.316 e. The minimum absolute atomic E-state index is 0.324. The molecule has 0 aromatic carbocycles. The molecule has 1 fully saturated rings. The van der Waals surface area contributed by atoms with Crippen LogP contribution in [0.3, 0.4) is 0 Å². The molecule has 0 amide bonds. The highest BCUT2D eigenvalue weighted by molar-refractivity contribution is 5.82. The summed E-state index contributed by atoms with van der Waals surface area (Å²) in [5.41, 5.74) is 0. The monoisotopic (exact) mass is 197 g/mol. The second kappa shape index (κ2) is 6.99. The summed E-state index contributed by atoms with van der Waals surface area (Å²) in [5, 5.41) is 3.30. The average molecular weight is 197 g/mol. The molecule has 1 rings (SSSR count). The molecule has 0 radical (unpaired) electrons. The van der Waals surface area contributed by atoms with Gasteiger partial charge < -0.3 is 5.32 Å². The molecule has 2 nitrogen and oxygen atoms in total. The van der Waals surface area contributed by atoms with E-state index >= 15 is 0 Å². The van der Waals surface area contributed by atoms with Crippen LogP contribution in [0.25, 0.3) is 0 Å². The van der Waals surface area contributed by atoms with Crippen molar-refractivity contribution < 1.29 is 4.79 Å². The Kier molecular flexibility index (Phi) is 5.85. The van der Waals surface area contributed by atoms with Gasteiger partial charge in [0.25, 0.3) is 0 Å². The lowest BCUT2D eigenvalue weighted by molar-refractivity contribution is -0.124. The number of hydrogen-bond donors (Lipinski definition) is 1. The summed E-state index contributed by atoms with van der Waals surface area (Å²) in [5.74, 6) is 0.810. The standard InChI is InChI=1S/C12H23NO/c1-2-3-4-5-6-7-11-10-13-9-8-12(11)14/h11,13H,2-10H2,1H3. The maximum Gasteiger partial charge on any atom is 0.138 e. The zero-order chi connectivity index (χ0) is 10.2. The van der Waals surface area contributed by atoms with Gasteiger partial charge >= 0.3 is 0 Å². The normalized spacial score (nSPS) is 22.6. The summed E-state index contributed by atoms with van der Waals surface area (Å²) in [7, 11) is 0. The van der Waals surface area contributed by atoms with Gasteiger partial charge in [-0.1, -0.05) is 39.0 Å². The summed E-state index contributed by atoms with van der Waals surface area (Å²) >= 11 is 0. The average Bonchev–Trinajstić information content (AvgIpc) is 2.20. The van der Waals surface area contributed by atoms with Crippen molar-refractivity contribution in [1.29, 1.82) is 0 Å². The van der Waals surface area contributed by atoms with E-state index in [0.717, 1.165) is 25.9 Å². The van der Waals surface area contributed by atoms with Crippen molar-refractivity contribution in [1.82, 2.24) is 5.32 Å². The van der Waals surface area contributed by atoms with E-state index in [1.54, 1.807) is 0 Å². The van der Waals surface area contributed by atoms with E-state index in [4.69, 9.17) is 0 Å². The Morgan fingerprint density at radius 2 is 2.07 bits per heavy atom. The highest BCUT2D eigenvalue weighted by Gasteiger charge is 2.20. The van der Waals surface area contributed by atoms with Gasteiger partial charge in [0.1, 0.15) is 5.78 Å². The first-order valence-electron chi connectivity index (χ1n) is 6.08. The van der Waals surface area contributed by atoms with Crippen LogP contribution in [0.2, 0.25) is 0 Å². The molecule has 0 spiro atoms. The molecule has 0 saturated carbocycles. The minimum Gasteiger partial charge on any atom is -0.316 e. The second-order valence-electron chi connectivity index (χ2n) is 4.32. The fourth-order valence-corrected chi connectivity index (χ4v) is 2.06. The van der Waals surface area contributed by atoms with Crippen molar-refractivity contribution >= 4 is 5.78 Å². The zero-order valence-corrected chi connectivity index (χ0v) is 9.35. The quantitative estimate of drug-likeness (QED) is 0.663. The third kappa shape index (κ3) is 4.23. The van der Waals surface area contributed by atoms with Gasteiger partial charge in [0.15, 0.2) is 0 Å². The second-order valence-corrected chi connectivity index (χ2v) is 4.32. The molecule has 2 heteroatoms. The molecule has 0 bridgehead atoms. The van der Waals surface area contributed by atoms with E-state index in [9.17, 15) is 4.79 Å². The van der Waals surface area contributed by atoms with Crippen LogP contribution in [-0.2, 0) is 4.79 Å². The number of carbonyl (C=O) groups excluding carboxylic acids is 1. The van der Waals surface area contributed by atoms with Gasteiger partial charge in [0, 0.05) is 25.4 Å². The Hall–Kier alpha value is -0.370. The lowest BCUT2D eigenvalue weighted by Crippen LogP contribution is -2.36. The molecule has 1 N–H and O–H groups in total. The Balaban J connectivity index is 2.02. The van der Waals surface area contributed by atoms with Crippen LogP contribution in [-0.4, -0.2) is 18.9 Å². The Morgan fingerprint density at radius 1 is 1.29 bits per heavy atom. The molecule has 1 saturated heterocycles. The highest BCUT2D eigenvalue weighted by Crippen LogP contribution is 2.15. The molecule has 0 aliphatic carbocycles. The lowest BCUT2D eigenvalue weighted by atomic mass is 9.92. The third-order valence-corrected chi connectivity index (χ3v) is 3.05. The highest BCUT2D eigenvalue weighted by atomic mass is 16.1. The molecule has 0 aromatic heterocycles. The predicted octanol–water partition coefficient (Wildman–Crippen LogP) is 2.53. The Morgan fingerprint density at radius 3 is 2.79 bits per heavy atom. The van der Waals surface area contributed by atoms with Crippen molar-refractivity contribution in [2.75, 3.05) is 13.1 Å². The Labute approximate surface area is 87.5 Å². The summed E-state index contributed by atoms with van der Waals surface area (Å²) in [6.45, 7) is 4.05. The van der Waals surface area contributed by atoms with Crippen LogP contribution in [0.1, 0.15) is 51.9 Å². The molecule has 1 aliphatic heterocycles. The molecular formula is C12H23NO. The molecule has 1 atom stereocenters. The number of unbranched alkanes of at least 4 members (excludes halogenated alkanes) is 4. The van der Waals surface area contributed by atoms with Crippen LogP contribution in [0.4, 0.5) is 0 Å². The fraction of sp³-hybridized carbons (Fsp3) is 0.917. The first-order chi connectivity index (χ1) is 6.84. The van der Waals surface area contributed by atoms with Gasteiger partial charge in [0.05, 0.1) is 0 Å². The van der Waals surface area contributed by atoms with E-state index in [1.165, 1.54) is 32.1 Å². The summed E-state index contributed by atoms with van der Waals surface area (Å²) in [6.07, 6.45) is 8.37. The first kappa shape index (κ1) is 11.7. The number of Topliss-reactive ketones (excluding diaryl/α,β-unsaturated/α-hetero) is 1. The Bertz CT molecular complexity index is 168. The fourth-order valence-electron chi connectivity index (χ4n) is 2.06. The number of hydrogen-bond acceptors (Lipinski definition) is 2. The maximum absolute atomic E-state index is 11.5. The van der Waals surface area contributed by atoms with Crippen LogP contribution in [0.5, 0.6) is 0 Å². The van der Waals surface area contributed by atoms with Crippen molar-refractivity contribution in [2.24, 2.45) is 5.92 Å². The number of rotatable bonds is 6. The molecular weight excluding hydrogens is 174 g/mol. The number of piperidine rings is 1. The van der Waals surface area contributed by atoms with Gasteiger partial charge in [-0.2, -0.15) is 0 Å². The van der Waals surface area contributed by atoms with E-state index in [0.29, 0.717) is 11.7 Å². The van der Waals surface area contributed by atoms with Crippen LogP contribution in [0.15, 0.2) is 0 Å².